The van der Waals surface area contributed by atoms with Gasteiger partial charge in [-0.3, -0.25) is 0 Å². The zero-order chi connectivity index (χ0) is 20.4. The molecule has 2 N–H and O–H groups in total. The van der Waals surface area contributed by atoms with E-state index in [1.54, 1.807) is 0 Å². The molecule has 4 aliphatic carbocycles. The van der Waals surface area contributed by atoms with Gasteiger partial charge < -0.3 is 10.2 Å². The summed E-state index contributed by atoms with van der Waals surface area (Å²) >= 11 is 0. The molecule has 2 nitrogen and oxygen atoms in total. The third-order valence-electron chi connectivity index (χ3n) is 10.3. The first-order valence-electron chi connectivity index (χ1n) is 11.9. The summed E-state index contributed by atoms with van der Waals surface area (Å²) in [6.07, 6.45) is 11.1. The normalized spacial score (nSPS) is 50.7. The van der Waals surface area contributed by atoms with Gasteiger partial charge in [0, 0.05) is 0 Å². The predicted molar refractivity (Wildman–Crippen MR) is 118 cm³/mol. The lowest BCUT2D eigenvalue weighted by Gasteiger charge is -2.61. The van der Waals surface area contributed by atoms with Gasteiger partial charge in [0.05, 0.1) is 11.7 Å². The maximum Gasteiger partial charge on any atom is 0.0756 e. The zero-order valence-electron chi connectivity index (χ0n) is 18.4. The lowest BCUT2D eigenvalue weighted by Crippen LogP contribution is -2.56. The van der Waals surface area contributed by atoms with Crippen molar-refractivity contribution in [1.82, 2.24) is 0 Å². The summed E-state index contributed by atoms with van der Waals surface area (Å²) in [7, 11) is 0. The molecule has 1 aromatic rings. The Morgan fingerprint density at radius 3 is 2.41 bits per heavy atom. The highest BCUT2D eigenvalue weighted by atomic mass is 16.3. The van der Waals surface area contributed by atoms with Crippen molar-refractivity contribution in [2.45, 2.75) is 83.8 Å². The largest absolute Gasteiger partial charge is 0.390 e. The number of aliphatic hydroxyl groups is 2. The van der Waals surface area contributed by atoms with Gasteiger partial charge in [-0.25, -0.2) is 0 Å². The van der Waals surface area contributed by atoms with Crippen molar-refractivity contribution in [3.63, 3.8) is 0 Å². The molecule has 0 bridgehead atoms. The van der Waals surface area contributed by atoms with Gasteiger partial charge in [0.25, 0.3) is 0 Å². The second-order valence-corrected chi connectivity index (χ2v) is 11.5. The van der Waals surface area contributed by atoms with Gasteiger partial charge in [0.15, 0.2) is 0 Å². The zero-order valence-corrected chi connectivity index (χ0v) is 18.4. The number of benzene rings is 1. The van der Waals surface area contributed by atoms with Crippen LogP contribution in [-0.2, 0) is 0 Å². The average molecular weight is 395 g/mol. The van der Waals surface area contributed by atoms with Crippen molar-refractivity contribution >= 4 is 6.08 Å². The Morgan fingerprint density at radius 2 is 1.66 bits per heavy atom. The van der Waals surface area contributed by atoms with E-state index < -0.39 is 5.60 Å². The van der Waals surface area contributed by atoms with Crippen LogP contribution in [0.2, 0.25) is 0 Å². The Labute approximate surface area is 176 Å². The number of hydrogen-bond acceptors (Lipinski definition) is 2. The number of fused-ring (bicyclic) bond motifs is 5. The fourth-order valence-electron chi connectivity index (χ4n) is 8.33. The molecule has 5 rings (SSSR count). The van der Waals surface area contributed by atoms with Crippen molar-refractivity contribution in [2.24, 2.45) is 34.5 Å². The summed E-state index contributed by atoms with van der Waals surface area (Å²) < 4.78 is 0. The van der Waals surface area contributed by atoms with Gasteiger partial charge >= 0.3 is 0 Å². The second kappa shape index (κ2) is 6.69. The van der Waals surface area contributed by atoms with Crippen LogP contribution in [0.4, 0.5) is 0 Å². The van der Waals surface area contributed by atoms with Gasteiger partial charge in [0.1, 0.15) is 0 Å². The van der Waals surface area contributed by atoms with Crippen molar-refractivity contribution in [1.29, 1.82) is 0 Å². The Morgan fingerprint density at radius 1 is 0.931 bits per heavy atom. The third kappa shape index (κ3) is 2.89. The van der Waals surface area contributed by atoms with Gasteiger partial charge in [-0.1, -0.05) is 50.3 Å². The summed E-state index contributed by atoms with van der Waals surface area (Å²) in [5.74, 6) is 2.79. The molecule has 1 aromatic carbocycles. The molecule has 0 aromatic heterocycles. The molecule has 4 fully saturated rings. The van der Waals surface area contributed by atoms with Crippen LogP contribution in [0.15, 0.2) is 35.9 Å². The number of rotatable bonds is 1. The second-order valence-electron chi connectivity index (χ2n) is 11.5. The Kier molecular flexibility index (Phi) is 4.57. The SMILES string of the molecule is C[C@]12C/C(=C\c3ccccc3)[C@H](O)C[C@@H]1CC[C@H]1[C@@H]2CC[C@@]2(C)[C@H]1CC[C@]2(C)O. The molecule has 29 heavy (non-hydrogen) atoms. The summed E-state index contributed by atoms with van der Waals surface area (Å²) in [4.78, 5) is 0. The van der Waals surface area contributed by atoms with Gasteiger partial charge in [-0.15, -0.1) is 0 Å². The van der Waals surface area contributed by atoms with E-state index in [-0.39, 0.29) is 11.5 Å². The lowest BCUT2D eigenvalue weighted by molar-refractivity contribution is -0.146. The lowest BCUT2D eigenvalue weighted by atomic mass is 9.44. The molecule has 0 saturated heterocycles. The molecule has 0 radical (unpaired) electrons. The van der Waals surface area contributed by atoms with Crippen molar-refractivity contribution < 1.29 is 10.2 Å². The van der Waals surface area contributed by atoms with Crippen LogP contribution in [0.25, 0.3) is 6.08 Å². The van der Waals surface area contributed by atoms with Crippen LogP contribution in [-0.4, -0.2) is 21.9 Å². The van der Waals surface area contributed by atoms with Gasteiger partial charge in [-0.05, 0) is 104 Å². The first-order chi connectivity index (χ1) is 13.7. The molecular formula is C27H38O2. The van der Waals surface area contributed by atoms with Crippen molar-refractivity contribution in [2.75, 3.05) is 0 Å². The summed E-state index contributed by atoms with van der Waals surface area (Å²) in [5, 5.41) is 22.1. The van der Waals surface area contributed by atoms with Gasteiger partial charge in [-0.2, -0.15) is 0 Å². The smallest absolute Gasteiger partial charge is 0.0756 e. The van der Waals surface area contributed by atoms with Crippen LogP contribution in [0.5, 0.6) is 0 Å². The van der Waals surface area contributed by atoms with Crippen LogP contribution < -0.4 is 0 Å². The average Bonchev–Trinajstić information content (AvgIpc) is 2.93. The molecule has 4 saturated carbocycles. The first-order valence-corrected chi connectivity index (χ1v) is 11.9. The third-order valence-corrected chi connectivity index (χ3v) is 10.3. The molecule has 0 aliphatic heterocycles. The van der Waals surface area contributed by atoms with E-state index in [4.69, 9.17) is 0 Å². The maximum atomic E-state index is 11.1. The van der Waals surface area contributed by atoms with Gasteiger partial charge in [0.2, 0.25) is 0 Å². The van der Waals surface area contributed by atoms with Crippen molar-refractivity contribution in [3.05, 3.63) is 41.5 Å². The molecular weight excluding hydrogens is 356 g/mol. The maximum absolute atomic E-state index is 11.1. The van der Waals surface area contributed by atoms with E-state index in [9.17, 15) is 10.2 Å². The molecule has 8 atom stereocenters. The van der Waals surface area contributed by atoms with Crippen LogP contribution in [0, 0.1) is 34.5 Å². The monoisotopic (exact) mass is 394 g/mol. The van der Waals surface area contributed by atoms with Crippen LogP contribution >= 0.6 is 0 Å². The Bertz CT molecular complexity index is 796. The molecule has 0 amide bonds. The van der Waals surface area contributed by atoms with E-state index in [0.717, 1.165) is 37.5 Å². The van der Waals surface area contributed by atoms with Crippen molar-refractivity contribution in [3.8, 4) is 0 Å². The Balaban J connectivity index is 1.46. The fraction of sp³-hybridized carbons (Fsp3) is 0.704. The molecule has 0 heterocycles. The standard InChI is InChI=1S/C27H38O2/c1-25-17-19(15-18-7-5-4-6-8-18)24(28)16-20(25)9-10-21-22(25)11-13-26(2)23(21)12-14-27(26,3)29/h4-8,15,20-24,28-29H,9-14,16-17H2,1-3H3/b19-15+/t20-,21-,22-,23-,24+,25-,26-,27-/m0/s1. The topological polar surface area (TPSA) is 40.5 Å². The highest BCUT2D eigenvalue weighted by Crippen LogP contribution is 2.68. The minimum atomic E-state index is -0.498. The van der Waals surface area contributed by atoms with E-state index in [1.165, 1.54) is 36.8 Å². The number of aliphatic hydroxyl groups excluding tert-OH is 1. The molecule has 2 heteroatoms. The Hall–Kier alpha value is -1.12. The van der Waals surface area contributed by atoms with Crippen LogP contribution in [0.1, 0.15) is 77.7 Å². The minimum Gasteiger partial charge on any atom is -0.390 e. The first kappa shape index (κ1) is 19.8. The minimum absolute atomic E-state index is 0.0915. The van der Waals surface area contributed by atoms with E-state index >= 15 is 0 Å². The molecule has 0 unspecified atom stereocenters. The van der Waals surface area contributed by atoms with E-state index in [2.05, 4.69) is 57.2 Å². The number of hydrogen-bond donors (Lipinski definition) is 2. The van der Waals surface area contributed by atoms with E-state index in [1.807, 2.05) is 0 Å². The fourth-order valence-corrected chi connectivity index (χ4v) is 8.33. The summed E-state index contributed by atoms with van der Waals surface area (Å²) in [6, 6.07) is 10.5. The quantitative estimate of drug-likeness (QED) is 0.629. The van der Waals surface area contributed by atoms with Crippen LogP contribution in [0.3, 0.4) is 0 Å². The molecule has 4 aliphatic rings. The molecule has 158 valence electrons. The van der Waals surface area contributed by atoms with E-state index in [0.29, 0.717) is 17.3 Å². The summed E-state index contributed by atoms with van der Waals surface area (Å²) in [6.45, 7) is 7.01. The summed E-state index contributed by atoms with van der Waals surface area (Å²) in [5.41, 5.74) is 2.33. The highest BCUT2D eigenvalue weighted by molar-refractivity contribution is 5.54. The highest BCUT2D eigenvalue weighted by Gasteiger charge is 2.63. The molecule has 0 spiro atoms. The predicted octanol–water partition coefficient (Wildman–Crippen LogP) is 5.83.